The van der Waals surface area contributed by atoms with Gasteiger partial charge in [0.05, 0.1) is 37.0 Å². The molecular weight excluding hydrogens is 512 g/mol. The molecule has 9 heteroatoms. The normalized spacial score (nSPS) is 21.2. The molecule has 208 valence electrons. The second-order valence-electron chi connectivity index (χ2n) is 10.7. The van der Waals surface area contributed by atoms with Crippen LogP contribution in [0.2, 0.25) is 0 Å². The number of allylic oxidation sites excluding steroid dienone is 1. The number of benzene rings is 2. The van der Waals surface area contributed by atoms with Gasteiger partial charge in [-0.2, -0.15) is 0 Å². The van der Waals surface area contributed by atoms with Gasteiger partial charge in [0.1, 0.15) is 5.75 Å². The Balaban J connectivity index is 1.98. The van der Waals surface area contributed by atoms with Crippen molar-refractivity contribution < 1.29 is 33.4 Å². The molecule has 0 radical (unpaired) electrons. The Bertz CT molecular complexity index is 1490. The first kappa shape index (κ1) is 27.2. The molecule has 1 unspecified atom stereocenters. The van der Waals surface area contributed by atoms with E-state index in [1.807, 2.05) is 13.8 Å². The predicted molar refractivity (Wildman–Crippen MR) is 148 cm³/mol. The van der Waals surface area contributed by atoms with Crippen molar-refractivity contribution in [1.82, 2.24) is 0 Å². The van der Waals surface area contributed by atoms with E-state index in [-0.39, 0.29) is 42.1 Å². The molecule has 1 amide bonds. The zero-order valence-corrected chi connectivity index (χ0v) is 23.3. The van der Waals surface area contributed by atoms with E-state index in [0.717, 1.165) is 0 Å². The van der Waals surface area contributed by atoms with Crippen LogP contribution in [-0.2, 0) is 34.2 Å². The number of esters is 2. The summed E-state index contributed by atoms with van der Waals surface area (Å²) in [4.78, 5) is 57.7. The number of ketones is 1. The van der Waals surface area contributed by atoms with E-state index in [1.54, 1.807) is 74.4 Å². The van der Waals surface area contributed by atoms with Gasteiger partial charge < -0.3 is 24.4 Å². The SMILES string of the molecule is CCOC(=O)C1=C(C(=O)OCC)C2(C(=O)Nc3ccccc32)N(c2ccc(OC)cc2)C2=C1C(=O)CC(C)(C)C2. The maximum absolute atomic E-state index is 14.4. The van der Waals surface area contributed by atoms with Gasteiger partial charge in [0.25, 0.3) is 5.91 Å². The Morgan fingerprint density at radius 3 is 2.23 bits per heavy atom. The summed E-state index contributed by atoms with van der Waals surface area (Å²) in [5, 5.41) is 2.92. The molecule has 0 saturated heterocycles. The molecule has 2 aromatic carbocycles. The minimum atomic E-state index is -1.86. The summed E-state index contributed by atoms with van der Waals surface area (Å²) >= 11 is 0. The molecule has 40 heavy (non-hydrogen) atoms. The third-order valence-corrected chi connectivity index (χ3v) is 7.50. The molecule has 0 saturated carbocycles. The number of rotatable bonds is 6. The van der Waals surface area contributed by atoms with Crippen molar-refractivity contribution in [2.24, 2.45) is 5.41 Å². The summed E-state index contributed by atoms with van der Waals surface area (Å²) in [6, 6.07) is 14.0. The van der Waals surface area contributed by atoms with Crippen LogP contribution in [0.1, 0.15) is 46.1 Å². The predicted octanol–water partition coefficient (Wildman–Crippen LogP) is 4.43. The van der Waals surface area contributed by atoms with Gasteiger partial charge in [0.2, 0.25) is 0 Å². The number of carbonyl (C=O) groups is 4. The Labute approximate surface area is 232 Å². The van der Waals surface area contributed by atoms with Crippen molar-refractivity contribution in [1.29, 1.82) is 0 Å². The number of nitrogens with zero attached hydrogens (tertiary/aromatic N) is 1. The molecule has 3 aliphatic rings. The summed E-state index contributed by atoms with van der Waals surface area (Å²) in [7, 11) is 1.55. The molecular formula is C31H32N2O7. The molecule has 1 atom stereocenters. The third-order valence-electron chi connectivity index (χ3n) is 7.50. The van der Waals surface area contributed by atoms with Gasteiger partial charge in [-0.15, -0.1) is 0 Å². The topological polar surface area (TPSA) is 111 Å². The fourth-order valence-electron chi connectivity index (χ4n) is 6.04. The maximum atomic E-state index is 14.4. The van der Waals surface area contributed by atoms with Crippen LogP contribution < -0.4 is 15.0 Å². The fourth-order valence-corrected chi connectivity index (χ4v) is 6.04. The third kappa shape index (κ3) is 3.99. The quantitative estimate of drug-likeness (QED) is 0.532. The Morgan fingerprint density at radius 1 is 0.925 bits per heavy atom. The van der Waals surface area contributed by atoms with Crippen LogP contribution in [0.3, 0.4) is 0 Å². The highest BCUT2D eigenvalue weighted by atomic mass is 16.5. The maximum Gasteiger partial charge on any atom is 0.339 e. The number of para-hydroxylation sites is 1. The van der Waals surface area contributed by atoms with Gasteiger partial charge in [0.15, 0.2) is 11.3 Å². The van der Waals surface area contributed by atoms with Gasteiger partial charge >= 0.3 is 11.9 Å². The number of nitrogens with one attached hydrogen (secondary N) is 1. The van der Waals surface area contributed by atoms with E-state index in [9.17, 15) is 19.2 Å². The number of anilines is 2. The van der Waals surface area contributed by atoms with Gasteiger partial charge in [0, 0.05) is 29.1 Å². The van der Waals surface area contributed by atoms with Crippen molar-refractivity contribution in [2.45, 2.75) is 46.1 Å². The van der Waals surface area contributed by atoms with Crippen LogP contribution in [0.5, 0.6) is 5.75 Å². The first-order valence-electron chi connectivity index (χ1n) is 13.3. The molecule has 2 aliphatic heterocycles. The number of methoxy groups -OCH3 is 1. The lowest BCUT2D eigenvalue weighted by atomic mass is 9.66. The number of hydrogen-bond donors (Lipinski definition) is 1. The lowest BCUT2D eigenvalue weighted by Crippen LogP contribution is -2.58. The fraction of sp³-hybridized carbons (Fsp3) is 0.355. The van der Waals surface area contributed by atoms with E-state index in [0.29, 0.717) is 34.8 Å². The molecule has 0 fully saturated rings. The molecule has 1 aliphatic carbocycles. The zero-order chi connectivity index (χ0) is 28.8. The van der Waals surface area contributed by atoms with Crippen LogP contribution in [0.25, 0.3) is 0 Å². The largest absolute Gasteiger partial charge is 0.497 e. The second kappa shape index (κ2) is 9.97. The number of Topliss-reactive ketones (excluding diaryl/α,β-unsaturated/α-hetero) is 1. The van der Waals surface area contributed by atoms with Gasteiger partial charge in [-0.3, -0.25) is 9.59 Å². The minimum Gasteiger partial charge on any atom is -0.497 e. The zero-order valence-electron chi connectivity index (χ0n) is 23.3. The Morgan fingerprint density at radius 2 is 1.57 bits per heavy atom. The molecule has 1 N–H and O–H groups in total. The highest BCUT2D eigenvalue weighted by Gasteiger charge is 2.63. The van der Waals surface area contributed by atoms with Gasteiger partial charge in [-0.25, -0.2) is 9.59 Å². The smallest absolute Gasteiger partial charge is 0.339 e. The molecule has 2 heterocycles. The van der Waals surface area contributed by atoms with Gasteiger partial charge in [-0.1, -0.05) is 32.0 Å². The summed E-state index contributed by atoms with van der Waals surface area (Å²) in [5.74, 6) is -1.99. The molecule has 1 spiro atoms. The van der Waals surface area contributed by atoms with Crippen molar-refractivity contribution in [3.8, 4) is 5.75 Å². The molecule has 2 aromatic rings. The van der Waals surface area contributed by atoms with E-state index in [1.165, 1.54) is 0 Å². The lowest BCUT2D eigenvalue weighted by Gasteiger charge is -2.50. The van der Waals surface area contributed by atoms with E-state index < -0.39 is 28.8 Å². The van der Waals surface area contributed by atoms with Crippen molar-refractivity contribution >= 4 is 35.0 Å². The van der Waals surface area contributed by atoms with Gasteiger partial charge in [-0.05, 0) is 56.0 Å². The van der Waals surface area contributed by atoms with E-state index in [4.69, 9.17) is 14.2 Å². The average molecular weight is 545 g/mol. The van der Waals surface area contributed by atoms with Crippen LogP contribution in [0.15, 0.2) is 70.9 Å². The molecule has 5 rings (SSSR count). The Hall–Kier alpha value is -4.40. The van der Waals surface area contributed by atoms with Crippen molar-refractivity contribution in [3.05, 3.63) is 76.5 Å². The van der Waals surface area contributed by atoms with Crippen molar-refractivity contribution in [2.75, 3.05) is 30.5 Å². The van der Waals surface area contributed by atoms with Crippen LogP contribution in [0, 0.1) is 5.41 Å². The standard InChI is InChI=1S/C31H32N2O7/c1-6-39-27(35)25-24-22(16-30(3,4)17-23(24)34)33(18-12-14-19(38-5)15-13-18)31(26(25)28(36)40-7-2)20-10-8-9-11-21(20)32-29(31)37/h8-15H,6-7,16-17H2,1-5H3,(H,32,37). The number of fused-ring (bicyclic) bond motifs is 2. The molecule has 0 aromatic heterocycles. The molecule has 0 bridgehead atoms. The monoisotopic (exact) mass is 544 g/mol. The Kier molecular flexibility index (Phi) is 6.77. The van der Waals surface area contributed by atoms with Crippen LogP contribution in [-0.4, -0.2) is 44.0 Å². The number of ether oxygens (including phenoxy) is 3. The summed E-state index contributed by atoms with van der Waals surface area (Å²) in [6.45, 7) is 7.21. The van der Waals surface area contributed by atoms with E-state index in [2.05, 4.69) is 5.32 Å². The number of hydrogen-bond acceptors (Lipinski definition) is 8. The highest BCUT2D eigenvalue weighted by molar-refractivity contribution is 6.24. The second-order valence-corrected chi connectivity index (χ2v) is 10.7. The van der Waals surface area contributed by atoms with Crippen molar-refractivity contribution in [3.63, 3.8) is 0 Å². The lowest BCUT2D eigenvalue weighted by molar-refractivity contribution is -0.143. The van der Waals surface area contributed by atoms with Crippen LogP contribution in [0.4, 0.5) is 11.4 Å². The first-order chi connectivity index (χ1) is 19.1. The first-order valence-corrected chi connectivity index (χ1v) is 13.3. The minimum absolute atomic E-state index is 0.00674. The summed E-state index contributed by atoms with van der Waals surface area (Å²) in [6.07, 6.45) is 0.507. The highest BCUT2D eigenvalue weighted by Crippen LogP contribution is 2.57. The average Bonchev–Trinajstić information content (AvgIpc) is 3.19. The number of amides is 1. The summed E-state index contributed by atoms with van der Waals surface area (Å²) < 4.78 is 16.3. The summed E-state index contributed by atoms with van der Waals surface area (Å²) in [5.41, 5.74) is -0.761. The van der Waals surface area contributed by atoms with Crippen LogP contribution >= 0.6 is 0 Å². The van der Waals surface area contributed by atoms with E-state index >= 15 is 0 Å². The molecule has 9 nitrogen and oxygen atoms in total. The number of carbonyl (C=O) groups excluding carboxylic acids is 4.